The van der Waals surface area contributed by atoms with Crippen LogP contribution in [0.3, 0.4) is 0 Å². The number of cyclic esters (lactones) is 1. The molecule has 25 heavy (non-hydrogen) atoms. The monoisotopic (exact) mass is 331 g/mol. The molecule has 1 aliphatic rings. The molecule has 3 nitrogen and oxygen atoms in total. The molecule has 1 aliphatic heterocycles. The molecule has 3 aromatic rings. The molecule has 0 spiro atoms. The summed E-state index contributed by atoms with van der Waals surface area (Å²) in [6.07, 6.45) is 1.12. The summed E-state index contributed by atoms with van der Waals surface area (Å²) in [5.74, 6) is 0. The first kappa shape index (κ1) is 15.7. The average Bonchev–Trinajstić information content (AvgIpc) is 2.99. The smallest absolute Gasteiger partial charge is 0.408 e. The van der Waals surface area contributed by atoms with Gasteiger partial charge in [-0.2, -0.15) is 0 Å². The van der Waals surface area contributed by atoms with E-state index in [4.69, 9.17) is 4.74 Å². The van der Waals surface area contributed by atoms with E-state index in [1.54, 1.807) is 0 Å². The number of nitrogens with one attached hydrogen (secondary N) is 1. The first-order valence-corrected chi connectivity index (χ1v) is 8.74. The van der Waals surface area contributed by atoms with Gasteiger partial charge in [-0.25, -0.2) is 4.79 Å². The van der Waals surface area contributed by atoms with E-state index in [0.717, 1.165) is 18.4 Å². The Morgan fingerprint density at radius 1 is 0.960 bits per heavy atom. The molecule has 0 bridgehead atoms. The molecule has 0 aliphatic carbocycles. The molecule has 1 N–H and O–H groups in total. The second kappa shape index (κ2) is 6.25. The molecule has 0 radical (unpaired) electrons. The van der Waals surface area contributed by atoms with Crippen LogP contribution in [0.5, 0.6) is 0 Å². The lowest BCUT2D eigenvalue weighted by molar-refractivity contribution is 0.0292. The van der Waals surface area contributed by atoms with Crippen molar-refractivity contribution in [3.63, 3.8) is 0 Å². The quantitative estimate of drug-likeness (QED) is 0.746. The number of ether oxygens (including phenoxy) is 1. The summed E-state index contributed by atoms with van der Waals surface area (Å²) in [7, 11) is 0. The fourth-order valence-corrected chi connectivity index (χ4v) is 3.93. The maximum atomic E-state index is 12.1. The SMILES string of the molecule is CC[C@]1(c2ccccc2)OC(=O)N[C@@H]1Cc1cccc2ccccc12. The lowest BCUT2D eigenvalue weighted by Crippen LogP contribution is -2.42. The second-order valence-electron chi connectivity index (χ2n) is 6.54. The number of hydrogen-bond acceptors (Lipinski definition) is 2. The highest BCUT2D eigenvalue weighted by Gasteiger charge is 2.49. The summed E-state index contributed by atoms with van der Waals surface area (Å²) in [6, 6.07) is 24.6. The Balaban J connectivity index is 1.76. The first-order chi connectivity index (χ1) is 12.2. The fraction of sp³-hybridized carbons (Fsp3) is 0.227. The molecule has 0 unspecified atom stereocenters. The van der Waals surface area contributed by atoms with Gasteiger partial charge in [-0.1, -0.05) is 79.7 Å². The Hall–Kier alpha value is -2.81. The predicted octanol–water partition coefficient (Wildman–Crippen LogP) is 4.80. The Morgan fingerprint density at radius 2 is 1.68 bits per heavy atom. The highest BCUT2D eigenvalue weighted by Crippen LogP contribution is 2.39. The van der Waals surface area contributed by atoms with Gasteiger partial charge in [0, 0.05) is 0 Å². The van der Waals surface area contributed by atoms with Gasteiger partial charge >= 0.3 is 6.09 Å². The zero-order valence-corrected chi connectivity index (χ0v) is 14.2. The van der Waals surface area contributed by atoms with E-state index in [0.29, 0.717) is 0 Å². The normalized spacial score (nSPS) is 22.6. The van der Waals surface area contributed by atoms with E-state index >= 15 is 0 Å². The Labute approximate surface area is 147 Å². The van der Waals surface area contributed by atoms with Gasteiger partial charge < -0.3 is 10.1 Å². The van der Waals surface area contributed by atoms with Crippen molar-refractivity contribution in [3.05, 3.63) is 83.9 Å². The van der Waals surface area contributed by atoms with Crippen LogP contribution in [0.1, 0.15) is 24.5 Å². The number of amides is 1. The van der Waals surface area contributed by atoms with Crippen molar-refractivity contribution in [2.75, 3.05) is 0 Å². The molecule has 1 saturated heterocycles. The van der Waals surface area contributed by atoms with Crippen LogP contribution in [-0.2, 0) is 16.8 Å². The number of rotatable bonds is 4. The Bertz CT molecular complexity index is 901. The molecule has 1 amide bonds. The number of benzene rings is 3. The van der Waals surface area contributed by atoms with Crippen LogP contribution < -0.4 is 5.32 Å². The van der Waals surface area contributed by atoms with Crippen molar-refractivity contribution in [1.82, 2.24) is 5.32 Å². The maximum Gasteiger partial charge on any atom is 0.408 e. The minimum atomic E-state index is -0.630. The molecular weight excluding hydrogens is 310 g/mol. The molecule has 3 aromatic carbocycles. The van der Waals surface area contributed by atoms with Crippen LogP contribution in [0.2, 0.25) is 0 Å². The third-order valence-electron chi connectivity index (χ3n) is 5.22. The molecule has 1 fully saturated rings. The van der Waals surface area contributed by atoms with Crippen LogP contribution in [0.4, 0.5) is 4.79 Å². The average molecular weight is 331 g/mol. The van der Waals surface area contributed by atoms with Crippen molar-refractivity contribution in [2.45, 2.75) is 31.4 Å². The predicted molar refractivity (Wildman–Crippen MR) is 99.5 cm³/mol. The molecule has 4 rings (SSSR count). The summed E-state index contributed by atoms with van der Waals surface area (Å²) in [4.78, 5) is 12.1. The van der Waals surface area contributed by atoms with Gasteiger partial charge in [0.25, 0.3) is 0 Å². The summed E-state index contributed by atoms with van der Waals surface area (Å²) in [5, 5.41) is 5.49. The molecule has 0 saturated carbocycles. The highest BCUT2D eigenvalue weighted by atomic mass is 16.6. The third-order valence-corrected chi connectivity index (χ3v) is 5.22. The number of carbonyl (C=O) groups excluding carboxylic acids is 1. The van der Waals surface area contributed by atoms with E-state index in [1.807, 2.05) is 36.4 Å². The summed E-state index contributed by atoms with van der Waals surface area (Å²) < 4.78 is 5.83. The minimum Gasteiger partial charge on any atom is -0.436 e. The first-order valence-electron chi connectivity index (χ1n) is 8.74. The van der Waals surface area contributed by atoms with Crippen molar-refractivity contribution in [2.24, 2.45) is 0 Å². The molecule has 3 heteroatoms. The van der Waals surface area contributed by atoms with Gasteiger partial charge in [0.1, 0.15) is 0 Å². The van der Waals surface area contributed by atoms with Crippen LogP contribution in [0.25, 0.3) is 10.8 Å². The standard InChI is InChI=1S/C22H21NO2/c1-2-22(18-12-4-3-5-13-18)20(23-21(24)25-22)15-17-11-8-10-16-9-6-7-14-19(16)17/h3-14,20H,2,15H2,1H3,(H,23,24)/t20-,22-/m1/s1. The third kappa shape index (κ3) is 2.66. The fourth-order valence-electron chi connectivity index (χ4n) is 3.93. The number of alkyl carbamates (subject to hydrolysis) is 1. The van der Waals surface area contributed by atoms with E-state index in [1.165, 1.54) is 16.3 Å². The van der Waals surface area contributed by atoms with Gasteiger partial charge in [-0.15, -0.1) is 0 Å². The molecular formula is C22H21NO2. The van der Waals surface area contributed by atoms with Crippen LogP contribution >= 0.6 is 0 Å². The van der Waals surface area contributed by atoms with E-state index in [2.05, 4.69) is 48.6 Å². The summed E-state index contributed by atoms with van der Waals surface area (Å²) in [5.41, 5.74) is 1.64. The zero-order valence-electron chi connectivity index (χ0n) is 14.2. The van der Waals surface area contributed by atoms with Crippen LogP contribution in [0.15, 0.2) is 72.8 Å². The lowest BCUT2D eigenvalue weighted by atomic mass is 9.81. The summed E-state index contributed by atoms with van der Waals surface area (Å²) >= 11 is 0. The number of carbonyl (C=O) groups is 1. The van der Waals surface area contributed by atoms with E-state index in [9.17, 15) is 4.79 Å². The zero-order chi connectivity index (χ0) is 17.3. The minimum absolute atomic E-state index is 0.0989. The van der Waals surface area contributed by atoms with Gasteiger partial charge in [0.15, 0.2) is 5.60 Å². The number of fused-ring (bicyclic) bond motifs is 1. The Kier molecular flexibility index (Phi) is 3.92. The van der Waals surface area contributed by atoms with Gasteiger partial charge in [-0.3, -0.25) is 0 Å². The molecule has 2 atom stereocenters. The second-order valence-corrected chi connectivity index (χ2v) is 6.54. The Morgan fingerprint density at radius 3 is 2.48 bits per heavy atom. The lowest BCUT2D eigenvalue weighted by Gasteiger charge is -2.32. The van der Waals surface area contributed by atoms with Crippen molar-refractivity contribution >= 4 is 16.9 Å². The van der Waals surface area contributed by atoms with Crippen molar-refractivity contribution in [1.29, 1.82) is 0 Å². The van der Waals surface area contributed by atoms with E-state index in [-0.39, 0.29) is 12.1 Å². The molecule has 126 valence electrons. The summed E-state index contributed by atoms with van der Waals surface area (Å²) in [6.45, 7) is 2.07. The van der Waals surface area contributed by atoms with Gasteiger partial charge in [-0.05, 0) is 34.7 Å². The van der Waals surface area contributed by atoms with Gasteiger partial charge in [0.05, 0.1) is 6.04 Å². The van der Waals surface area contributed by atoms with Gasteiger partial charge in [0.2, 0.25) is 0 Å². The highest BCUT2D eigenvalue weighted by molar-refractivity contribution is 5.86. The molecule has 0 aromatic heterocycles. The number of hydrogen-bond donors (Lipinski definition) is 1. The molecule has 1 heterocycles. The van der Waals surface area contributed by atoms with Crippen LogP contribution in [-0.4, -0.2) is 12.1 Å². The topological polar surface area (TPSA) is 38.3 Å². The van der Waals surface area contributed by atoms with Crippen molar-refractivity contribution in [3.8, 4) is 0 Å². The van der Waals surface area contributed by atoms with E-state index < -0.39 is 5.60 Å². The van der Waals surface area contributed by atoms with Crippen molar-refractivity contribution < 1.29 is 9.53 Å². The van der Waals surface area contributed by atoms with Crippen LogP contribution in [0, 0.1) is 0 Å². The largest absolute Gasteiger partial charge is 0.436 e. The maximum absolute atomic E-state index is 12.1.